The lowest BCUT2D eigenvalue weighted by molar-refractivity contribution is -0.112. The lowest BCUT2D eigenvalue weighted by Crippen LogP contribution is -2.14. The summed E-state index contributed by atoms with van der Waals surface area (Å²) < 4.78 is 24.7. The number of halogens is 1. The molecule has 0 heterocycles. The van der Waals surface area contributed by atoms with E-state index in [0.717, 1.165) is 0 Å². The first-order valence-corrected chi connectivity index (χ1v) is 8.16. The van der Waals surface area contributed by atoms with E-state index in [-0.39, 0.29) is 11.3 Å². The van der Waals surface area contributed by atoms with Gasteiger partial charge in [-0.3, -0.25) is 4.79 Å². The van der Waals surface area contributed by atoms with Crippen molar-refractivity contribution in [2.24, 2.45) is 0 Å². The number of nitrogens with one attached hydrogen (secondary N) is 1. The zero-order valence-corrected chi connectivity index (χ0v) is 14.6. The van der Waals surface area contributed by atoms with Crippen molar-refractivity contribution in [3.05, 3.63) is 59.4 Å². The Morgan fingerprint density at radius 1 is 1.19 bits per heavy atom. The first kappa shape index (κ1) is 19.0. The first-order valence-electron chi connectivity index (χ1n) is 8.16. The smallest absolute Gasteiger partial charge is 0.266 e. The van der Waals surface area contributed by atoms with E-state index >= 15 is 0 Å². The van der Waals surface area contributed by atoms with E-state index in [9.17, 15) is 14.4 Å². The topological polar surface area (TPSA) is 71.3 Å². The highest BCUT2D eigenvalue weighted by Crippen LogP contribution is 2.27. The molecule has 6 heteroatoms. The number of carbonyl (C=O) groups excluding carboxylic acids is 1. The van der Waals surface area contributed by atoms with Crippen LogP contribution >= 0.6 is 0 Å². The van der Waals surface area contributed by atoms with Crippen molar-refractivity contribution in [2.75, 3.05) is 18.5 Å². The molecule has 0 saturated carbocycles. The van der Waals surface area contributed by atoms with Gasteiger partial charge in [0.15, 0.2) is 0 Å². The number of nitrogens with zero attached hydrogens (tertiary/aromatic N) is 1. The fraction of sp³-hybridized carbons (Fsp3) is 0.200. The lowest BCUT2D eigenvalue weighted by atomic mass is 10.1. The van der Waals surface area contributed by atoms with Gasteiger partial charge in [0.1, 0.15) is 29.0 Å². The van der Waals surface area contributed by atoms with Crippen LogP contribution in [0, 0.1) is 17.1 Å². The van der Waals surface area contributed by atoms with E-state index in [1.165, 1.54) is 24.3 Å². The maximum absolute atomic E-state index is 13.7. The molecule has 5 nitrogen and oxygen atoms in total. The van der Waals surface area contributed by atoms with Crippen LogP contribution in [-0.4, -0.2) is 19.1 Å². The highest BCUT2D eigenvalue weighted by molar-refractivity contribution is 6.09. The van der Waals surface area contributed by atoms with E-state index in [0.29, 0.717) is 30.3 Å². The highest BCUT2D eigenvalue weighted by Gasteiger charge is 2.13. The molecule has 0 atom stereocenters. The van der Waals surface area contributed by atoms with Crippen LogP contribution in [0.5, 0.6) is 11.5 Å². The van der Waals surface area contributed by atoms with Crippen molar-refractivity contribution in [3.63, 3.8) is 0 Å². The van der Waals surface area contributed by atoms with Crippen LogP contribution in [0.15, 0.2) is 48.0 Å². The van der Waals surface area contributed by atoms with E-state index in [2.05, 4.69) is 5.32 Å². The molecular formula is C20H19FN2O3. The largest absolute Gasteiger partial charge is 0.494 e. The van der Waals surface area contributed by atoms with E-state index in [1.807, 2.05) is 19.9 Å². The third-order valence-corrected chi connectivity index (χ3v) is 3.38. The van der Waals surface area contributed by atoms with Crippen molar-refractivity contribution in [2.45, 2.75) is 13.8 Å². The second-order valence-electron chi connectivity index (χ2n) is 5.17. The maximum atomic E-state index is 13.7. The summed E-state index contributed by atoms with van der Waals surface area (Å²) in [6.07, 6.45) is 1.40. The summed E-state index contributed by atoms with van der Waals surface area (Å²) in [5.74, 6) is -0.157. The molecule has 26 heavy (non-hydrogen) atoms. The Balaban J connectivity index is 2.31. The number of amides is 1. The van der Waals surface area contributed by atoms with Crippen LogP contribution in [0.1, 0.15) is 19.4 Å². The second kappa shape index (κ2) is 9.23. The lowest BCUT2D eigenvalue weighted by Gasteiger charge is -2.11. The molecule has 0 aliphatic rings. The van der Waals surface area contributed by atoms with E-state index in [1.54, 1.807) is 24.3 Å². The predicted octanol–water partition coefficient (Wildman–Crippen LogP) is 4.17. The summed E-state index contributed by atoms with van der Waals surface area (Å²) in [7, 11) is 0. The van der Waals surface area contributed by atoms with Gasteiger partial charge in [-0.15, -0.1) is 0 Å². The molecule has 1 amide bonds. The molecule has 0 aromatic heterocycles. The fourth-order valence-electron chi connectivity index (χ4n) is 2.23. The molecule has 2 aromatic carbocycles. The second-order valence-corrected chi connectivity index (χ2v) is 5.17. The highest BCUT2D eigenvalue weighted by atomic mass is 19.1. The van der Waals surface area contributed by atoms with E-state index < -0.39 is 11.7 Å². The summed E-state index contributed by atoms with van der Waals surface area (Å²) in [6, 6.07) is 12.7. The molecule has 0 saturated heterocycles. The van der Waals surface area contributed by atoms with Gasteiger partial charge >= 0.3 is 0 Å². The average Bonchev–Trinajstić information content (AvgIpc) is 2.63. The number of hydrogen-bond donors (Lipinski definition) is 1. The summed E-state index contributed by atoms with van der Waals surface area (Å²) >= 11 is 0. The van der Waals surface area contributed by atoms with Crippen LogP contribution in [0.25, 0.3) is 6.08 Å². The molecular weight excluding hydrogens is 335 g/mol. The first-order chi connectivity index (χ1) is 12.6. The Morgan fingerprint density at radius 3 is 2.58 bits per heavy atom. The molecule has 0 unspecified atom stereocenters. The van der Waals surface area contributed by atoms with E-state index in [4.69, 9.17) is 9.47 Å². The Labute approximate surface area is 151 Å². The van der Waals surface area contributed by atoms with Gasteiger partial charge in [0.25, 0.3) is 5.91 Å². The van der Waals surface area contributed by atoms with Crippen LogP contribution in [0.4, 0.5) is 10.1 Å². The van der Waals surface area contributed by atoms with Crippen LogP contribution in [0.2, 0.25) is 0 Å². The average molecular weight is 354 g/mol. The minimum atomic E-state index is -0.700. The van der Waals surface area contributed by atoms with Gasteiger partial charge in [0.2, 0.25) is 0 Å². The number of carbonyl (C=O) groups is 1. The third kappa shape index (κ3) is 4.84. The normalized spacial score (nSPS) is 10.8. The number of nitriles is 1. The molecule has 0 aliphatic carbocycles. The molecule has 2 aromatic rings. The van der Waals surface area contributed by atoms with Crippen LogP contribution in [-0.2, 0) is 4.79 Å². The summed E-state index contributed by atoms with van der Waals surface area (Å²) in [6.45, 7) is 4.63. The number of ether oxygens (including phenoxy) is 2. The number of rotatable bonds is 7. The Morgan fingerprint density at radius 2 is 1.92 bits per heavy atom. The molecule has 0 radical (unpaired) electrons. The number of para-hydroxylation sites is 1. The number of hydrogen-bond acceptors (Lipinski definition) is 4. The SMILES string of the molecule is CCOc1ccc(/C=C(/C#N)C(=O)Nc2ccccc2F)c(OCC)c1. The fourth-order valence-corrected chi connectivity index (χ4v) is 2.23. The zero-order valence-electron chi connectivity index (χ0n) is 14.6. The minimum absolute atomic E-state index is 0.00961. The maximum Gasteiger partial charge on any atom is 0.266 e. The van der Waals surface area contributed by atoms with Gasteiger partial charge in [-0.25, -0.2) is 4.39 Å². The monoisotopic (exact) mass is 354 g/mol. The van der Waals surface area contributed by atoms with Gasteiger partial charge in [0, 0.05) is 11.6 Å². The molecule has 2 rings (SSSR count). The molecule has 0 fully saturated rings. The molecule has 0 aliphatic heterocycles. The summed E-state index contributed by atoms with van der Waals surface area (Å²) in [4.78, 5) is 12.3. The van der Waals surface area contributed by atoms with Gasteiger partial charge in [-0.1, -0.05) is 12.1 Å². The number of anilines is 1. The van der Waals surface area contributed by atoms with Crippen LogP contribution in [0.3, 0.4) is 0 Å². The summed E-state index contributed by atoms with van der Waals surface area (Å²) in [5.41, 5.74) is 0.393. The minimum Gasteiger partial charge on any atom is -0.494 e. The molecule has 0 bridgehead atoms. The van der Waals surface area contributed by atoms with Crippen molar-refractivity contribution >= 4 is 17.7 Å². The van der Waals surface area contributed by atoms with Crippen molar-refractivity contribution in [3.8, 4) is 17.6 Å². The third-order valence-electron chi connectivity index (χ3n) is 3.38. The van der Waals surface area contributed by atoms with Crippen molar-refractivity contribution in [1.29, 1.82) is 5.26 Å². The van der Waals surface area contributed by atoms with Gasteiger partial charge < -0.3 is 14.8 Å². The van der Waals surface area contributed by atoms with Gasteiger partial charge in [-0.2, -0.15) is 5.26 Å². The standard InChI is InChI=1S/C20H19FN2O3/c1-3-25-16-10-9-14(19(12-16)26-4-2)11-15(13-22)20(24)23-18-8-6-5-7-17(18)21/h5-12H,3-4H2,1-2H3,(H,23,24)/b15-11-. The summed E-state index contributed by atoms with van der Waals surface area (Å²) in [5, 5.41) is 11.7. The molecule has 0 spiro atoms. The quantitative estimate of drug-likeness (QED) is 0.598. The van der Waals surface area contributed by atoms with Crippen molar-refractivity contribution < 1.29 is 18.7 Å². The van der Waals surface area contributed by atoms with Crippen molar-refractivity contribution in [1.82, 2.24) is 0 Å². The number of benzene rings is 2. The van der Waals surface area contributed by atoms with Gasteiger partial charge in [0.05, 0.1) is 18.9 Å². The Hall–Kier alpha value is -3.33. The van der Waals surface area contributed by atoms with Crippen LogP contribution < -0.4 is 14.8 Å². The Kier molecular flexibility index (Phi) is 6.75. The molecule has 1 N–H and O–H groups in total. The molecule has 134 valence electrons. The predicted molar refractivity (Wildman–Crippen MR) is 97.4 cm³/mol. The van der Waals surface area contributed by atoms with Gasteiger partial charge in [-0.05, 0) is 44.2 Å². The Bertz CT molecular complexity index is 856. The zero-order chi connectivity index (χ0) is 18.9.